The second-order valence-corrected chi connectivity index (χ2v) is 4.50. The first kappa shape index (κ1) is 12.6. The highest BCUT2D eigenvalue weighted by molar-refractivity contribution is 6.32. The van der Waals surface area contributed by atoms with Crippen LogP contribution in [-0.4, -0.2) is 30.2 Å². The highest BCUT2D eigenvalue weighted by Crippen LogP contribution is 2.29. The minimum Gasteiger partial charge on any atom is -0.392 e. The molecule has 3 rings (SSSR count). The van der Waals surface area contributed by atoms with Gasteiger partial charge < -0.3 is 10.1 Å². The van der Waals surface area contributed by atoms with Gasteiger partial charge in [0.25, 0.3) is 0 Å². The van der Waals surface area contributed by atoms with Crippen molar-refractivity contribution in [2.45, 2.75) is 6.61 Å². The Morgan fingerprint density at radius 1 is 1.45 bits per heavy atom. The summed E-state index contributed by atoms with van der Waals surface area (Å²) < 4.78 is 0. The van der Waals surface area contributed by atoms with Crippen LogP contribution in [0.25, 0.3) is 22.6 Å². The Kier molecular flexibility index (Phi) is 2.88. The fourth-order valence-corrected chi connectivity index (χ4v) is 2.13. The number of hydrogen-bond donors (Lipinski definition) is 3. The first-order chi connectivity index (χ1) is 9.60. The maximum atomic E-state index is 10.9. The average molecular weight is 294 g/mol. The van der Waals surface area contributed by atoms with E-state index in [1.165, 1.54) is 0 Å². The SMILES string of the molecule is O=[N+]([O-])c1cn[nH]c1-c1nc2cc(Cl)c(CO)cc2[nH]1. The Morgan fingerprint density at radius 2 is 2.25 bits per heavy atom. The molecule has 2 aromatic heterocycles. The van der Waals surface area contributed by atoms with Gasteiger partial charge in [-0.15, -0.1) is 0 Å². The molecule has 3 aromatic rings. The highest BCUT2D eigenvalue weighted by Gasteiger charge is 2.21. The number of rotatable bonds is 3. The van der Waals surface area contributed by atoms with E-state index < -0.39 is 4.92 Å². The molecular formula is C11H8ClN5O3. The number of aromatic nitrogens is 4. The van der Waals surface area contributed by atoms with Crippen LogP contribution in [-0.2, 0) is 6.61 Å². The summed E-state index contributed by atoms with van der Waals surface area (Å²) in [6, 6.07) is 3.24. The first-order valence-corrected chi connectivity index (χ1v) is 5.95. The zero-order valence-electron chi connectivity index (χ0n) is 9.92. The van der Waals surface area contributed by atoms with E-state index in [9.17, 15) is 10.1 Å². The van der Waals surface area contributed by atoms with E-state index in [1.807, 2.05) is 0 Å². The molecule has 0 aliphatic carbocycles. The number of H-pyrrole nitrogens is 2. The van der Waals surface area contributed by atoms with Crippen LogP contribution in [0.1, 0.15) is 5.56 Å². The van der Waals surface area contributed by atoms with Crippen molar-refractivity contribution in [2.75, 3.05) is 0 Å². The van der Waals surface area contributed by atoms with Gasteiger partial charge in [-0.05, 0) is 17.7 Å². The highest BCUT2D eigenvalue weighted by atomic mass is 35.5. The molecule has 0 spiro atoms. The third-order valence-corrected chi connectivity index (χ3v) is 3.23. The van der Waals surface area contributed by atoms with E-state index in [0.29, 0.717) is 21.6 Å². The molecule has 0 bridgehead atoms. The second kappa shape index (κ2) is 4.58. The van der Waals surface area contributed by atoms with E-state index in [1.54, 1.807) is 12.1 Å². The van der Waals surface area contributed by atoms with Gasteiger partial charge in [0.05, 0.1) is 22.6 Å². The summed E-state index contributed by atoms with van der Waals surface area (Å²) >= 11 is 5.98. The largest absolute Gasteiger partial charge is 0.392 e. The number of benzene rings is 1. The predicted molar refractivity (Wildman–Crippen MR) is 71.3 cm³/mol. The van der Waals surface area contributed by atoms with Crippen molar-refractivity contribution in [2.24, 2.45) is 0 Å². The quantitative estimate of drug-likeness (QED) is 0.504. The zero-order chi connectivity index (χ0) is 14.3. The maximum Gasteiger partial charge on any atom is 0.317 e. The number of aliphatic hydroxyl groups excluding tert-OH is 1. The molecule has 0 fully saturated rings. The van der Waals surface area contributed by atoms with Crippen LogP contribution in [0.3, 0.4) is 0 Å². The van der Waals surface area contributed by atoms with Gasteiger partial charge in [-0.2, -0.15) is 5.10 Å². The van der Waals surface area contributed by atoms with E-state index in [0.717, 1.165) is 6.20 Å². The summed E-state index contributed by atoms with van der Waals surface area (Å²) in [5, 5.41) is 26.6. The van der Waals surface area contributed by atoms with Gasteiger partial charge in [-0.1, -0.05) is 11.6 Å². The van der Waals surface area contributed by atoms with Gasteiger partial charge in [0, 0.05) is 5.02 Å². The molecule has 0 saturated carbocycles. The number of aliphatic hydroxyl groups is 1. The van der Waals surface area contributed by atoms with E-state index in [-0.39, 0.29) is 23.8 Å². The minimum absolute atomic E-state index is 0.169. The lowest BCUT2D eigenvalue weighted by Crippen LogP contribution is -1.90. The normalized spacial score (nSPS) is 11.1. The molecule has 9 heteroatoms. The third-order valence-electron chi connectivity index (χ3n) is 2.87. The fourth-order valence-electron chi connectivity index (χ4n) is 1.91. The minimum atomic E-state index is -0.544. The molecule has 0 amide bonds. The Labute approximate surface area is 116 Å². The monoisotopic (exact) mass is 293 g/mol. The zero-order valence-corrected chi connectivity index (χ0v) is 10.7. The van der Waals surface area contributed by atoms with Gasteiger partial charge in [-0.3, -0.25) is 15.2 Å². The number of fused-ring (bicyclic) bond motifs is 1. The number of halogens is 1. The lowest BCUT2D eigenvalue weighted by Gasteiger charge is -1.98. The van der Waals surface area contributed by atoms with Crippen LogP contribution in [0.5, 0.6) is 0 Å². The molecule has 0 aliphatic rings. The summed E-state index contributed by atoms with van der Waals surface area (Å²) in [6.07, 6.45) is 1.12. The standard InChI is InChI=1S/C11H8ClN5O3/c12-6-2-8-7(1-5(6)4-18)14-11(15-8)10-9(17(19)20)3-13-16-10/h1-3,18H,4H2,(H,13,16)(H,14,15). The lowest BCUT2D eigenvalue weighted by molar-refractivity contribution is -0.384. The summed E-state index contributed by atoms with van der Waals surface area (Å²) in [5.41, 5.74) is 1.74. The van der Waals surface area contributed by atoms with Crippen molar-refractivity contribution in [3.63, 3.8) is 0 Å². The summed E-state index contributed by atoms with van der Waals surface area (Å²) in [4.78, 5) is 17.5. The molecular weight excluding hydrogens is 286 g/mol. The number of nitrogens with one attached hydrogen (secondary N) is 2. The number of hydrogen-bond acceptors (Lipinski definition) is 5. The van der Waals surface area contributed by atoms with Crippen LogP contribution in [0, 0.1) is 10.1 Å². The van der Waals surface area contributed by atoms with Crippen LogP contribution in [0.2, 0.25) is 5.02 Å². The Balaban J connectivity index is 2.18. The van der Waals surface area contributed by atoms with Crippen molar-refractivity contribution in [1.82, 2.24) is 20.2 Å². The fraction of sp³-hybridized carbons (Fsp3) is 0.0909. The molecule has 0 unspecified atom stereocenters. The molecule has 0 saturated heterocycles. The topological polar surface area (TPSA) is 121 Å². The third kappa shape index (κ3) is 1.91. The van der Waals surface area contributed by atoms with Crippen LogP contribution < -0.4 is 0 Å². The van der Waals surface area contributed by atoms with Crippen LogP contribution in [0.15, 0.2) is 18.3 Å². The molecule has 0 aliphatic heterocycles. The molecule has 1 aromatic carbocycles. The number of imidazole rings is 1. The Bertz CT molecular complexity index is 810. The van der Waals surface area contributed by atoms with Gasteiger partial charge in [0.15, 0.2) is 11.5 Å². The van der Waals surface area contributed by atoms with E-state index >= 15 is 0 Å². The maximum absolute atomic E-state index is 10.9. The number of nitro groups is 1. The molecule has 102 valence electrons. The summed E-state index contributed by atoms with van der Waals surface area (Å²) in [7, 11) is 0. The summed E-state index contributed by atoms with van der Waals surface area (Å²) in [5.74, 6) is 0.287. The van der Waals surface area contributed by atoms with Gasteiger partial charge in [0.1, 0.15) is 6.20 Å². The van der Waals surface area contributed by atoms with Crippen molar-refractivity contribution < 1.29 is 10.0 Å². The van der Waals surface area contributed by atoms with Crippen LogP contribution >= 0.6 is 11.6 Å². The van der Waals surface area contributed by atoms with Crippen molar-refractivity contribution in [1.29, 1.82) is 0 Å². The molecule has 3 N–H and O–H groups in total. The Hall–Kier alpha value is -2.45. The Morgan fingerprint density at radius 3 is 2.95 bits per heavy atom. The van der Waals surface area contributed by atoms with Gasteiger partial charge in [0.2, 0.25) is 0 Å². The van der Waals surface area contributed by atoms with Crippen LogP contribution in [0.4, 0.5) is 5.69 Å². The van der Waals surface area contributed by atoms with Gasteiger partial charge >= 0.3 is 5.69 Å². The molecule has 20 heavy (non-hydrogen) atoms. The lowest BCUT2D eigenvalue weighted by atomic mass is 10.2. The van der Waals surface area contributed by atoms with Gasteiger partial charge in [-0.25, -0.2) is 4.98 Å². The van der Waals surface area contributed by atoms with E-state index in [4.69, 9.17) is 16.7 Å². The predicted octanol–water partition coefficient (Wildman–Crippen LogP) is 2.01. The number of aromatic amines is 2. The first-order valence-electron chi connectivity index (χ1n) is 5.57. The van der Waals surface area contributed by atoms with Crippen molar-refractivity contribution in [3.05, 3.63) is 39.0 Å². The molecule has 0 radical (unpaired) electrons. The number of nitrogens with zero attached hydrogens (tertiary/aromatic N) is 3. The second-order valence-electron chi connectivity index (χ2n) is 4.09. The van der Waals surface area contributed by atoms with E-state index in [2.05, 4.69) is 20.2 Å². The van der Waals surface area contributed by atoms with Crippen molar-refractivity contribution in [3.8, 4) is 11.5 Å². The molecule has 0 atom stereocenters. The molecule has 8 nitrogen and oxygen atoms in total. The van der Waals surface area contributed by atoms with Crippen molar-refractivity contribution >= 4 is 28.3 Å². The average Bonchev–Trinajstić information content (AvgIpc) is 3.02. The molecule has 2 heterocycles. The smallest absolute Gasteiger partial charge is 0.317 e. The summed E-state index contributed by atoms with van der Waals surface area (Å²) in [6.45, 7) is -0.201.